The van der Waals surface area contributed by atoms with E-state index in [2.05, 4.69) is 184 Å². The van der Waals surface area contributed by atoms with Gasteiger partial charge in [0.1, 0.15) is 0 Å². The van der Waals surface area contributed by atoms with Gasteiger partial charge in [-0.05, 0) is 147 Å². The molecule has 2 heteroatoms. The number of benzene rings is 6. The Morgan fingerprint density at radius 1 is 0.518 bits per heavy atom. The molecule has 4 fully saturated rings. The third-order valence-corrected chi connectivity index (χ3v) is 17.5. The molecule has 0 amide bonds. The summed E-state index contributed by atoms with van der Waals surface area (Å²) in [6.07, 6.45) is 8.14. The summed E-state index contributed by atoms with van der Waals surface area (Å²) < 4.78 is 0. The van der Waals surface area contributed by atoms with E-state index >= 15 is 0 Å². The fourth-order valence-electron chi connectivity index (χ4n) is 13.9. The molecule has 6 aromatic rings. The minimum absolute atomic E-state index is 0.0460. The lowest BCUT2D eigenvalue weighted by atomic mass is 9.26. The van der Waals surface area contributed by atoms with Crippen LogP contribution in [0.25, 0.3) is 22.3 Å². The minimum atomic E-state index is 0.0460. The van der Waals surface area contributed by atoms with Crippen molar-refractivity contribution in [1.82, 2.24) is 0 Å². The maximum Gasteiger partial charge on any atom is 0.0604 e. The van der Waals surface area contributed by atoms with Crippen molar-refractivity contribution >= 4 is 28.8 Å². The van der Waals surface area contributed by atoms with Gasteiger partial charge in [0.2, 0.25) is 0 Å². The zero-order valence-electron chi connectivity index (χ0n) is 33.2. The topological polar surface area (TPSA) is 3.24 Å². The molecular weight excluding hydrogens is 695 g/mol. The van der Waals surface area contributed by atoms with Crippen molar-refractivity contribution in [2.45, 2.75) is 92.3 Å². The SMILES string of the molecule is CC1(C)CCC(C)(C)c2c(N(c3ccc(-c4ccccc4)cc3)c3cccc4c3Sc3c(-c5ccccc5)cccc3C43C4CC5CC6CC3C64C5)cccc21. The molecule has 0 N–H and O–H groups in total. The highest BCUT2D eigenvalue weighted by Gasteiger charge is 2.84. The van der Waals surface area contributed by atoms with Crippen molar-refractivity contribution in [3.8, 4) is 22.3 Å². The summed E-state index contributed by atoms with van der Waals surface area (Å²) in [5.41, 5.74) is 16.2. The van der Waals surface area contributed by atoms with Crippen LogP contribution in [-0.4, -0.2) is 0 Å². The van der Waals surface area contributed by atoms with Crippen molar-refractivity contribution in [2.75, 3.05) is 4.90 Å². The Hall–Kier alpha value is -4.53. The van der Waals surface area contributed by atoms with E-state index in [1.54, 1.807) is 11.1 Å². The third-order valence-electron chi connectivity index (χ3n) is 16.2. The highest BCUT2D eigenvalue weighted by Crippen LogP contribution is 2.89. The van der Waals surface area contributed by atoms with Crippen LogP contribution in [0.4, 0.5) is 17.1 Å². The first-order valence-electron chi connectivity index (χ1n) is 21.3. The average Bonchev–Trinajstić information content (AvgIpc) is 3.76. The molecule has 2 spiro atoms. The molecular formula is C54H51NS. The zero-order valence-corrected chi connectivity index (χ0v) is 34.0. The van der Waals surface area contributed by atoms with E-state index in [9.17, 15) is 0 Å². The van der Waals surface area contributed by atoms with E-state index in [1.165, 1.54) is 98.8 Å². The molecule has 5 aliphatic carbocycles. The third kappa shape index (κ3) is 4.24. The van der Waals surface area contributed by atoms with Crippen LogP contribution in [0.1, 0.15) is 88.5 Å². The number of rotatable bonds is 5. The predicted octanol–water partition coefficient (Wildman–Crippen LogP) is 14.7. The number of hydrogen-bond donors (Lipinski definition) is 0. The van der Waals surface area contributed by atoms with Crippen LogP contribution in [0.3, 0.4) is 0 Å². The molecule has 1 heterocycles. The van der Waals surface area contributed by atoms with Gasteiger partial charge in [-0.3, -0.25) is 0 Å². The zero-order chi connectivity index (χ0) is 37.6. The van der Waals surface area contributed by atoms with Gasteiger partial charge >= 0.3 is 0 Å². The normalized spacial score (nSPS) is 29.0. The fraction of sp³-hybridized carbons (Fsp3) is 0.333. The largest absolute Gasteiger partial charge is 0.309 e. The van der Waals surface area contributed by atoms with E-state index in [0.717, 1.165) is 23.7 Å². The van der Waals surface area contributed by atoms with Crippen LogP contribution in [0.5, 0.6) is 0 Å². The summed E-state index contributed by atoms with van der Waals surface area (Å²) in [6, 6.07) is 53.5. The summed E-state index contributed by atoms with van der Waals surface area (Å²) in [4.78, 5) is 5.66. The lowest BCUT2D eigenvalue weighted by molar-refractivity contribution is -0.235. The Morgan fingerprint density at radius 2 is 1.12 bits per heavy atom. The van der Waals surface area contributed by atoms with Crippen molar-refractivity contribution in [3.63, 3.8) is 0 Å². The number of nitrogens with zero attached hydrogens (tertiary/aromatic N) is 1. The monoisotopic (exact) mass is 745 g/mol. The lowest BCUT2D eigenvalue weighted by Crippen LogP contribution is -2.74. The molecule has 1 aliphatic heterocycles. The van der Waals surface area contributed by atoms with E-state index in [-0.39, 0.29) is 16.2 Å². The maximum absolute atomic E-state index is 2.69. The molecule has 1 nitrogen and oxygen atoms in total. The number of anilines is 3. The van der Waals surface area contributed by atoms with Gasteiger partial charge in [0.25, 0.3) is 0 Å². The van der Waals surface area contributed by atoms with Crippen LogP contribution in [0.15, 0.2) is 149 Å². The van der Waals surface area contributed by atoms with Crippen LogP contribution >= 0.6 is 11.8 Å². The Kier molecular flexibility index (Phi) is 6.92. The van der Waals surface area contributed by atoms with Crippen LogP contribution < -0.4 is 4.90 Å². The minimum Gasteiger partial charge on any atom is -0.309 e. The average molecular weight is 746 g/mol. The van der Waals surface area contributed by atoms with Crippen LogP contribution in [0, 0.1) is 29.1 Å². The summed E-state index contributed by atoms with van der Waals surface area (Å²) in [5.74, 6) is 3.34. The molecule has 6 aliphatic rings. The Morgan fingerprint density at radius 3 is 1.86 bits per heavy atom. The highest BCUT2D eigenvalue weighted by atomic mass is 32.2. The first-order chi connectivity index (χ1) is 27.2. The van der Waals surface area contributed by atoms with Crippen molar-refractivity contribution in [2.24, 2.45) is 29.1 Å². The predicted molar refractivity (Wildman–Crippen MR) is 233 cm³/mol. The summed E-state index contributed by atoms with van der Waals surface area (Å²) in [6.45, 7) is 9.90. The van der Waals surface area contributed by atoms with Crippen molar-refractivity contribution in [1.29, 1.82) is 0 Å². The molecule has 6 aromatic carbocycles. The van der Waals surface area contributed by atoms with Gasteiger partial charge < -0.3 is 4.90 Å². The van der Waals surface area contributed by atoms with Gasteiger partial charge in [0.05, 0.1) is 11.4 Å². The smallest absolute Gasteiger partial charge is 0.0604 e. The lowest BCUT2D eigenvalue weighted by Gasteiger charge is -2.78. The molecule has 0 saturated heterocycles. The van der Waals surface area contributed by atoms with E-state index < -0.39 is 0 Å². The second-order valence-electron chi connectivity index (χ2n) is 19.6. The molecule has 4 saturated carbocycles. The highest BCUT2D eigenvalue weighted by molar-refractivity contribution is 7.99. The second-order valence-corrected chi connectivity index (χ2v) is 20.6. The van der Waals surface area contributed by atoms with Gasteiger partial charge in [0, 0.05) is 20.9 Å². The van der Waals surface area contributed by atoms with Gasteiger partial charge in [-0.15, -0.1) is 0 Å². The standard InChI is InChI=1S/C54H51NS/c1-51(2)28-29-52(3,4)48-41(51)19-12-22-44(48)55(39-26-24-36(25-27-39)35-14-7-5-8-15-35)45-23-13-21-43-50(45)56-49-40(37-16-9-6-10-17-37)18-11-20-42(49)54(43)46-31-34-30-38-32-47(54)53(38,46)33-34/h5-27,34,38,46-47H,28-33H2,1-4H3. The Balaban J connectivity index is 1.12. The number of fused-ring (bicyclic) bond motifs is 8. The van der Waals surface area contributed by atoms with Gasteiger partial charge in [-0.1, -0.05) is 155 Å². The van der Waals surface area contributed by atoms with Gasteiger partial charge in [-0.25, -0.2) is 0 Å². The molecule has 278 valence electrons. The molecule has 0 radical (unpaired) electrons. The summed E-state index contributed by atoms with van der Waals surface area (Å²) >= 11 is 2.07. The molecule has 0 aromatic heterocycles. The van der Waals surface area contributed by atoms with Gasteiger partial charge in [0.15, 0.2) is 0 Å². The molecule has 56 heavy (non-hydrogen) atoms. The quantitative estimate of drug-likeness (QED) is 0.173. The Labute approximate surface area is 337 Å². The van der Waals surface area contributed by atoms with Crippen LogP contribution in [0.2, 0.25) is 0 Å². The molecule has 6 atom stereocenters. The molecule has 2 bridgehead atoms. The second kappa shape index (κ2) is 11.5. The maximum atomic E-state index is 2.69. The Bertz CT molecular complexity index is 2550. The van der Waals surface area contributed by atoms with E-state index in [1.807, 2.05) is 0 Å². The first kappa shape index (κ1) is 33.6. The van der Waals surface area contributed by atoms with Crippen LogP contribution in [-0.2, 0) is 16.2 Å². The van der Waals surface area contributed by atoms with Gasteiger partial charge in [-0.2, -0.15) is 0 Å². The molecule has 12 rings (SSSR count). The fourth-order valence-corrected chi connectivity index (χ4v) is 15.4. The van der Waals surface area contributed by atoms with Crippen molar-refractivity contribution < 1.29 is 0 Å². The summed E-state index contributed by atoms with van der Waals surface area (Å²) in [7, 11) is 0. The molecule has 6 unspecified atom stereocenters. The van der Waals surface area contributed by atoms with Crippen molar-refractivity contribution in [3.05, 3.63) is 162 Å². The number of hydrogen-bond acceptors (Lipinski definition) is 2. The van der Waals surface area contributed by atoms with E-state index in [0.29, 0.717) is 5.41 Å². The van der Waals surface area contributed by atoms with E-state index in [4.69, 9.17) is 0 Å². The summed E-state index contributed by atoms with van der Waals surface area (Å²) in [5, 5.41) is 0. The first-order valence-corrected chi connectivity index (χ1v) is 22.1.